The maximum atomic E-state index is 14.3. The summed E-state index contributed by atoms with van der Waals surface area (Å²) in [7, 11) is 1.56. The summed E-state index contributed by atoms with van der Waals surface area (Å²) in [5.41, 5.74) is 7.71. The molecule has 3 amide bonds. The number of β-amino-alcohol motifs (C(OH)–C–C–N with tert-alkyl or cyclic N) is 1. The van der Waals surface area contributed by atoms with Gasteiger partial charge in [-0.1, -0.05) is 44.2 Å². The average Bonchev–Trinajstić information content (AvgIpc) is 4.13. The molecule has 4 aromatic heterocycles. The minimum Gasteiger partial charge on any atom is -0.490 e. The van der Waals surface area contributed by atoms with Crippen molar-refractivity contribution >= 4 is 40.2 Å². The first-order valence-electron chi connectivity index (χ1n) is 21.9. The van der Waals surface area contributed by atoms with E-state index in [1.165, 1.54) is 27.0 Å². The highest BCUT2D eigenvalue weighted by molar-refractivity contribution is 7.13. The van der Waals surface area contributed by atoms with Crippen molar-refractivity contribution in [2.45, 2.75) is 65.1 Å². The number of nitrogens with zero attached hydrogens (tertiary/aromatic N) is 7. The van der Waals surface area contributed by atoms with Crippen LogP contribution >= 0.6 is 11.3 Å². The van der Waals surface area contributed by atoms with Crippen molar-refractivity contribution in [3.63, 3.8) is 0 Å². The number of nitrogens with one attached hydrogen (secondary N) is 1. The Balaban J connectivity index is 0.808. The number of rotatable bonds is 16. The molecule has 0 unspecified atom stereocenters. The van der Waals surface area contributed by atoms with Crippen LogP contribution in [0.25, 0.3) is 33.1 Å². The molecule has 0 bridgehead atoms. The van der Waals surface area contributed by atoms with Crippen LogP contribution in [0.3, 0.4) is 0 Å². The molecular weight excluding hydrogens is 877 g/mol. The van der Waals surface area contributed by atoms with Gasteiger partial charge in [-0.3, -0.25) is 24.2 Å². The largest absolute Gasteiger partial charge is 0.490 e. The lowest BCUT2D eigenvalue weighted by Gasteiger charge is -2.35. The van der Waals surface area contributed by atoms with Gasteiger partial charge in [0.1, 0.15) is 60.4 Å². The summed E-state index contributed by atoms with van der Waals surface area (Å²) in [5.74, 6) is 0.697. The third-order valence-electron chi connectivity index (χ3n) is 11.8. The fraction of sp³-hybridized carbons (Fsp3) is 0.306. The number of benzene rings is 3. The number of fused-ring (bicyclic) bond motifs is 2. The molecule has 1 fully saturated rings. The fourth-order valence-electron chi connectivity index (χ4n) is 8.38. The number of carbonyl (C=O) groups excluding carboxylic acids is 3. The van der Waals surface area contributed by atoms with Gasteiger partial charge in [-0.15, -0.1) is 11.3 Å². The lowest BCUT2D eigenvalue weighted by Crippen LogP contribution is -2.55. The van der Waals surface area contributed by atoms with E-state index in [0.717, 1.165) is 21.7 Å². The molecule has 17 nitrogen and oxygen atoms in total. The first kappa shape index (κ1) is 44.7. The zero-order valence-electron chi connectivity index (χ0n) is 37.2. The standard InChI is InChI=1S/C49H48N8O9S/c1-28(2)44(57-24-32-7-5-6-8-37(32)48(57)61)49(62)56-25-34(58)20-40(56)46(60)51-22-31-10-9-30(45-29(3)52-27-67-45)19-42(31)64-18-17-63-36-12-11-33(50-23-36)26-65-35-13-15-41-39(21-35)53-47(66-41)38-14-16-43(59)55(4)54-38/h5-16,19,21,23,27-28,34,40,44,58H,17-18,20,22,24-26H2,1-4H3,(H,51,60)/t34-,40+,44+/m1/s1. The van der Waals surface area contributed by atoms with Crippen molar-refractivity contribution in [2.24, 2.45) is 13.0 Å². The summed E-state index contributed by atoms with van der Waals surface area (Å²) in [4.78, 5) is 70.8. The van der Waals surface area contributed by atoms with Crippen LogP contribution in [0.4, 0.5) is 0 Å². The highest BCUT2D eigenvalue weighted by Gasteiger charge is 2.46. The van der Waals surface area contributed by atoms with Gasteiger partial charge >= 0.3 is 0 Å². The molecule has 9 rings (SSSR count). The van der Waals surface area contributed by atoms with Gasteiger partial charge in [0.05, 0.1) is 34.1 Å². The van der Waals surface area contributed by atoms with Crippen LogP contribution in [-0.2, 0) is 36.3 Å². The molecule has 1 saturated heterocycles. The number of amides is 3. The number of hydrogen-bond acceptors (Lipinski definition) is 14. The number of likely N-dealkylation sites (tertiary alicyclic amines) is 1. The molecule has 344 valence electrons. The monoisotopic (exact) mass is 924 g/mol. The minimum absolute atomic E-state index is 0.0126. The summed E-state index contributed by atoms with van der Waals surface area (Å²) in [6.07, 6.45) is 0.791. The number of oxazole rings is 1. The molecule has 3 atom stereocenters. The van der Waals surface area contributed by atoms with E-state index in [-0.39, 0.29) is 62.6 Å². The van der Waals surface area contributed by atoms with Gasteiger partial charge in [0.15, 0.2) is 5.58 Å². The highest BCUT2D eigenvalue weighted by atomic mass is 32.1. The van der Waals surface area contributed by atoms with Gasteiger partial charge in [0, 0.05) is 56.4 Å². The Hall–Kier alpha value is -7.44. The summed E-state index contributed by atoms with van der Waals surface area (Å²) >= 11 is 1.52. The van der Waals surface area contributed by atoms with E-state index in [0.29, 0.717) is 63.3 Å². The Morgan fingerprint density at radius 1 is 0.955 bits per heavy atom. The number of carbonyl (C=O) groups is 3. The Morgan fingerprint density at radius 2 is 1.78 bits per heavy atom. The third-order valence-corrected chi connectivity index (χ3v) is 12.8. The minimum atomic E-state index is -0.928. The molecule has 0 spiro atoms. The molecule has 18 heteroatoms. The van der Waals surface area contributed by atoms with E-state index in [1.54, 1.807) is 66.1 Å². The van der Waals surface area contributed by atoms with Crippen LogP contribution in [0.5, 0.6) is 17.2 Å². The zero-order chi connectivity index (χ0) is 46.8. The smallest absolute Gasteiger partial charge is 0.266 e. The van der Waals surface area contributed by atoms with Gasteiger partial charge in [0.2, 0.25) is 17.7 Å². The van der Waals surface area contributed by atoms with Crippen LogP contribution < -0.4 is 25.1 Å². The molecule has 2 N–H and O–H groups in total. The number of aryl methyl sites for hydroxylation is 2. The quantitative estimate of drug-likeness (QED) is 0.112. The third kappa shape index (κ3) is 9.62. The molecule has 7 aromatic rings. The van der Waals surface area contributed by atoms with Gasteiger partial charge < -0.3 is 38.9 Å². The van der Waals surface area contributed by atoms with Gasteiger partial charge in [-0.25, -0.2) is 14.6 Å². The first-order valence-corrected chi connectivity index (χ1v) is 22.7. The molecule has 2 aliphatic rings. The molecule has 0 saturated carbocycles. The normalized spacial score (nSPS) is 16.1. The number of aromatic nitrogens is 5. The van der Waals surface area contributed by atoms with E-state index in [1.807, 2.05) is 57.2 Å². The van der Waals surface area contributed by atoms with Crippen molar-refractivity contribution in [3.8, 4) is 39.3 Å². The van der Waals surface area contributed by atoms with E-state index < -0.39 is 24.1 Å². The number of aliphatic hydroxyl groups is 1. The predicted molar refractivity (Wildman–Crippen MR) is 247 cm³/mol. The molecule has 6 heterocycles. The summed E-state index contributed by atoms with van der Waals surface area (Å²) in [6.45, 7) is 6.65. The van der Waals surface area contributed by atoms with E-state index in [9.17, 15) is 24.3 Å². The van der Waals surface area contributed by atoms with E-state index >= 15 is 0 Å². The first-order chi connectivity index (χ1) is 32.4. The van der Waals surface area contributed by atoms with Crippen LogP contribution in [0, 0.1) is 12.8 Å². The predicted octanol–water partition coefficient (Wildman–Crippen LogP) is 5.71. The van der Waals surface area contributed by atoms with Crippen molar-refractivity contribution in [1.82, 2.24) is 39.8 Å². The van der Waals surface area contributed by atoms with E-state index in [4.69, 9.17) is 18.6 Å². The number of pyridine rings is 1. The van der Waals surface area contributed by atoms with Crippen molar-refractivity contribution in [3.05, 3.63) is 135 Å². The van der Waals surface area contributed by atoms with E-state index in [2.05, 4.69) is 25.4 Å². The second-order valence-electron chi connectivity index (χ2n) is 16.8. The number of aliphatic hydroxyl groups excluding tert-OH is 1. The van der Waals surface area contributed by atoms with Crippen LogP contribution in [0.15, 0.2) is 106 Å². The lowest BCUT2D eigenvalue weighted by atomic mass is 10.0. The second-order valence-corrected chi connectivity index (χ2v) is 17.6. The van der Waals surface area contributed by atoms with Gasteiger partial charge in [-0.05, 0) is 66.4 Å². The molecule has 0 radical (unpaired) electrons. The summed E-state index contributed by atoms with van der Waals surface area (Å²) in [5, 5.41) is 18.0. The fourth-order valence-corrected chi connectivity index (χ4v) is 9.19. The Bertz CT molecular complexity index is 3020. The second kappa shape index (κ2) is 19.2. The number of ether oxygens (including phenoxy) is 3. The number of thiazole rings is 1. The van der Waals surface area contributed by atoms with Crippen molar-refractivity contribution in [2.75, 3.05) is 19.8 Å². The SMILES string of the molecule is Cc1ncsc1-c1ccc(CNC(=O)[C@@H]2C[C@@H](O)CN2C(=O)[C@H](C(C)C)N2Cc3ccccc3C2=O)c(OCCOc2ccc(COc3ccc4oc(-c5ccc(=O)n(C)n5)nc4c3)nc2)c1. The molecule has 0 aliphatic carbocycles. The molecule has 67 heavy (non-hydrogen) atoms. The van der Waals surface area contributed by atoms with Gasteiger partial charge in [0.25, 0.3) is 11.5 Å². The topological polar surface area (TPSA) is 204 Å². The molecule has 2 aliphatic heterocycles. The maximum absolute atomic E-state index is 14.3. The molecular formula is C49H48N8O9S. The number of hydrogen-bond donors (Lipinski definition) is 2. The van der Waals surface area contributed by atoms with Crippen LogP contribution in [0.1, 0.15) is 53.1 Å². The Kier molecular flexibility index (Phi) is 12.8. The summed E-state index contributed by atoms with van der Waals surface area (Å²) < 4.78 is 25.3. The van der Waals surface area contributed by atoms with Crippen LogP contribution in [-0.4, -0.2) is 95.3 Å². The zero-order valence-corrected chi connectivity index (χ0v) is 38.1. The van der Waals surface area contributed by atoms with Crippen LogP contribution in [0.2, 0.25) is 0 Å². The Morgan fingerprint density at radius 3 is 2.54 bits per heavy atom. The van der Waals surface area contributed by atoms with Crippen molar-refractivity contribution in [1.29, 1.82) is 0 Å². The van der Waals surface area contributed by atoms with Crippen molar-refractivity contribution < 1.29 is 38.1 Å². The van der Waals surface area contributed by atoms with Gasteiger partial charge in [-0.2, -0.15) is 5.10 Å². The average molecular weight is 925 g/mol. The molecule has 3 aromatic carbocycles. The summed E-state index contributed by atoms with van der Waals surface area (Å²) in [6, 6.07) is 23.2. The lowest BCUT2D eigenvalue weighted by molar-refractivity contribution is -0.143. The highest BCUT2D eigenvalue weighted by Crippen LogP contribution is 2.34. The maximum Gasteiger partial charge on any atom is 0.266 e. The Labute approximate surface area is 389 Å².